The number of hydrogen-bond donors (Lipinski definition) is 2. The maximum Gasteiger partial charge on any atom is 0.422 e. The van der Waals surface area contributed by atoms with Crippen molar-refractivity contribution < 1.29 is 31.1 Å². The van der Waals surface area contributed by atoms with Crippen LogP contribution in [-0.2, 0) is 22.0 Å². The van der Waals surface area contributed by atoms with Crippen molar-refractivity contribution in [2.75, 3.05) is 17.7 Å². The first-order chi connectivity index (χ1) is 18.3. The standard InChI is InChI=1S/C25H25ClF3N5O4S/c26-19-9-7-18(8-10-19)24(11-12-24)34-22-31-21(32-23(33-22)38-15-25(27,28)29)14-16-3-5-17(6-4-16)20(35)2-1-13-39(30,36)37/h3-10H,1-2,11-15H2,(H2,30,36,37)(H,31,32,33,34). The van der Waals surface area contributed by atoms with E-state index in [2.05, 4.69) is 20.3 Å². The first-order valence-electron chi connectivity index (χ1n) is 11.9. The van der Waals surface area contributed by atoms with Crippen LogP contribution in [0.2, 0.25) is 5.02 Å². The van der Waals surface area contributed by atoms with E-state index in [0.717, 1.165) is 18.4 Å². The number of nitrogens with two attached hydrogens (primary N) is 1. The molecule has 1 aromatic heterocycles. The SMILES string of the molecule is NS(=O)(=O)CCCC(=O)c1ccc(Cc2nc(NC3(c4ccc(Cl)cc4)CC3)nc(OCC(F)(F)F)n2)cc1. The van der Waals surface area contributed by atoms with Gasteiger partial charge in [0.2, 0.25) is 16.0 Å². The molecule has 2 aromatic carbocycles. The molecular weight excluding hydrogens is 559 g/mol. The zero-order valence-electron chi connectivity index (χ0n) is 20.5. The highest BCUT2D eigenvalue weighted by Gasteiger charge is 2.45. The van der Waals surface area contributed by atoms with Gasteiger partial charge in [-0.15, -0.1) is 0 Å². The van der Waals surface area contributed by atoms with Crippen LogP contribution in [0.15, 0.2) is 48.5 Å². The van der Waals surface area contributed by atoms with Gasteiger partial charge >= 0.3 is 12.2 Å². The molecule has 0 bridgehead atoms. The lowest BCUT2D eigenvalue weighted by atomic mass is 10.0. The molecule has 4 rings (SSSR count). The molecule has 0 saturated heterocycles. The Bertz CT molecular complexity index is 1430. The highest BCUT2D eigenvalue weighted by molar-refractivity contribution is 7.89. The fourth-order valence-electron chi connectivity index (χ4n) is 3.91. The van der Waals surface area contributed by atoms with E-state index in [0.29, 0.717) is 16.1 Å². The van der Waals surface area contributed by atoms with Crippen molar-refractivity contribution in [2.24, 2.45) is 5.14 Å². The number of aromatic nitrogens is 3. The average Bonchev–Trinajstić information content (AvgIpc) is 3.62. The number of primary sulfonamides is 1. The predicted molar refractivity (Wildman–Crippen MR) is 138 cm³/mol. The molecule has 1 saturated carbocycles. The Labute approximate surface area is 228 Å². The van der Waals surface area contributed by atoms with E-state index in [1.165, 1.54) is 0 Å². The number of benzene rings is 2. The number of anilines is 1. The summed E-state index contributed by atoms with van der Waals surface area (Å²) in [6.45, 7) is -1.56. The van der Waals surface area contributed by atoms with Gasteiger partial charge in [-0.1, -0.05) is 48.0 Å². The fourth-order valence-corrected chi connectivity index (χ4v) is 4.58. The minimum atomic E-state index is -4.57. The van der Waals surface area contributed by atoms with Crippen LogP contribution in [0.1, 0.15) is 53.0 Å². The number of carbonyl (C=O) groups excluding carboxylic acids is 1. The van der Waals surface area contributed by atoms with Crippen molar-refractivity contribution in [1.82, 2.24) is 15.0 Å². The number of rotatable bonds is 12. The molecule has 3 aromatic rings. The van der Waals surface area contributed by atoms with Crippen molar-refractivity contribution in [3.05, 3.63) is 76.1 Å². The summed E-state index contributed by atoms with van der Waals surface area (Å²) < 4.78 is 65.2. The summed E-state index contributed by atoms with van der Waals surface area (Å²) >= 11 is 5.99. The Hall–Kier alpha value is -3.29. The van der Waals surface area contributed by atoms with Crippen LogP contribution in [0.4, 0.5) is 19.1 Å². The monoisotopic (exact) mass is 583 g/mol. The number of nitrogens with zero attached hydrogens (tertiary/aromatic N) is 3. The number of alkyl halides is 3. The molecule has 0 atom stereocenters. The quantitative estimate of drug-likeness (QED) is 0.299. The number of ether oxygens (including phenoxy) is 1. The first-order valence-corrected chi connectivity index (χ1v) is 14.0. The Morgan fingerprint density at radius 3 is 2.31 bits per heavy atom. The minimum absolute atomic E-state index is 0.0214. The van der Waals surface area contributed by atoms with Gasteiger partial charge in [-0.3, -0.25) is 4.79 Å². The highest BCUT2D eigenvalue weighted by Crippen LogP contribution is 2.48. The second kappa shape index (κ2) is 11.4. The van der Waals surface area contributed by atoms with Crippen LogP contribution in [0, 0.1) is 0 Å². The summed E-state index contributed by atoms with van der Waals surface area (Å²) in [5.74, 6) is -0.281. The van der Waals surface area contributed by atoms with E-state index in [1.54, 1.807) is 36.4 Å². The van der Waals surface area contributed by atoms with Gasteiger partial charge in [0, 0.05) is 23.4 Å². The Morgan fingerprint density at radius 1 is 1.05 bits per heavy atom. The summed E-state index contributed by atoms with van der Waals surface area (Å²) in [5, 5.41) is 8.76. The van der Waals surface area contributed by atoms with Crippen molar-refractivity contribution in [3.63, 3.8) is 0 Å². The number of carbonyl (C=O) groups is 1. The average molecular weight is 584 g/mol. The third-order valence-corrected chi connectivity index (χ3v) is 7.10. The molecule has 0 unspecified atom stereocenters. The van der Waals surface area contributed by atoms with Gasteiger partial charge in [-0.2, -0.15) is 28.1 Å². The lowest BCUT2D eigenvalue weighted by molar-refractivity contribution is -0.154. The molecule has 208 valence electrons. The number of nitrogens with one attached hydrogen (secondary N) is 1. The number of Topliss-reactive ketones (excluding diaryl/α,β-unsaturated/α-hetero) is 1. The third-order valence-electron chi connectivity index (χ3n) is 5.99. The number of hydrogen-bond acceptors (Lipinski definition) is 8. The van der Waals surface area contributed by atoms with Gasteiger partial charge in [0.15, 0.2) is 12.4 Å². The third kappa shape index (κ3) is 8.60. The van der Waals surface area contributed by atoms with E-state index in [1.807, 2.05) is 12.1 Å². The van der Waals surface area contributed by atoms with Crippen LogP contribution in [0.3, 0.4) is 0 Å². The van der Waals surface area contributed by atoms with Crippen molar-refractivity contribution >= 4 is 33.4 Å². The summed E-state index contributed by atoms with van der Waals surface area (Å²) in [4.78, 5) is 24.8. The van der Waals surface area contributed by atoms with E-state index < -0.39 is 34.4 Å². The van der Waals surface area contributed by atoms with Crippen molar-refractivity contribution in [3.8, 4) is 6.01 Å². The van der Waals surface area contributed by atoms with E-state index in [4.69, 9.17) is 21.5 Å². The smallest absolute Gasteiger partial charge is 0.422 e. The largest absolute Gasteiger partial charge is 0.454 e. The van der Waals surface area contributed by atoms with Crippen molar-refractivity contribution in [2.45, 2.75) is 43.8 Å². The topological polar surface area (TPSA) is 137 Å². The van der Waals surface area contributed by atoms with Crippen LogP contribution in [0.25, 0.3) is 0 Å². The van der Waals surface area contributed by atoms with Crippen LogP contribution in [0.5, 0.6) is 6.01 Å². The molecule has 0 spiro atoms. The molecule has 1 aliphatic carbocycles. The normalized spacial score (nSPS) is 14.6. The molecule has 3 N–H and O–H groups in total. The van der Waals surface area contributed by atoms with Gasteiger partial charge < -0.3 is 10.1 Å². The minimum Gasteiger partial charge on any atom is -0.454 e. The molecule has 0 radical (unpaired) electrons. The zero-order valence-corrected chi connectivity index (χ0v) is 22.1. The lowest BCUT2D eigenvalue weighted by Crippen LogP contribution is -2.23. The number of sulfonamides is 1. The number of ketones is 1. The maximum absolute atomic E-state index is 12.8. The molecule has 0 amide bonds. The van der Waals surface area contributed by atoms with Gasteiger partial charge in [-0.25, -0.2) is 13.6 Å². The second-order valence-electron chi connectivity index (χ2n) is 9.24. The fraction of sp³-hybridized carbons (Fsp3) is 0.360. The van der Waals surface area contributed by atoms with E-state index >= 15 is 0 Å². The second-order valence-corrected chi connectivity index (χ2v) is 11.4. The zero-order chi connectivity index (χ0) is 28.3. The summed E-state index contributed by atoms with van der Waals surface area (Å²) in [6, 6.07) is 13.3. The van der Waals surface area contributed by atoms with Gasteiger partial charge in [0.05, 0.1) is 11.3 Å². The maximum atomic E-state index is 12.8. The Balaban J connectivity index is 1.50. The van der Waals surface area contributed by atoms with Gasteiger partial charge in [-0.05, 0) is 42.5 Å². The molecule has 1 aliphatic rings. The summed E-state index contributed by atoms with van der Waals surface area (Å²) in [6.07, 6.45) is -2.78. The van der Waals surface area contributed by atoms with Crippen LogP contribution < -0.4 is 15.2 Å². The van der Waals surface area contributed by atoms with Gasteiger partial charge in [0.1, 0.15) is 5.82 Å². The van der Waals surface area contributed by atoms with E-state index in [-0.39, 0.29) is 42.6 Å². The first kappa shape index (κ1) is 28.7. The van der Waals surface area contributed by atoms with Gasteiger partial charge in [0.25, 0.3) is 0 Å². The predicted octanol–water partition coefficient (Wildman–Crippen LogP) is 4.41. The molecule has 1 heterocycles. The molecule has 1 fully saturated rings. The highest BCUT2D eigenvalue weighted by atomic mass is 35.5. The molecule has 39 heavy (non-hydrogen) atoms. The Morgan fingerprint density at radius 2 is 1.72 bits per heavy atom. The summed E-state index contributed by atoms with van der Waals surface area (Å²) in [5.41, 5.74) is 1.54. The Kier molecular flexibility index (Phi) is 8.42. The molecule has 14 heteroatoms. The number of halogens is 4. The van der Waals surface area contributed by atoms with Crippen LogP contribution in [-0.4, -0.2) is 47.7 Å². The van der Waals surface area contributed by atoms with Crippen LogP contribution >= 0.6 is 11.6 Å². The molecule has 9 nitrogen and oxygen atoms in total. The molecule has 0 aliphatic heterocycles. The lowest BCUT2D eigenvalue weighted by Gasteiger charge is -2.19. The summed E-state index contributed by atoms with van der Waals surface area (Å²) in [7, 11) is -3.64. The molecular formula is C25H25ClF3N5O4S. The van der Waals surface area contributed by atoms with Crippen molar-refractivity contribution in [1.29, 1.82) is 0 Å². The van der Waals surface area contributed by atoms with E-state index in [9.17, 15) is 26.4 Å².